The minimum atomic E-state index is -0.509. The van der Waals surface area contributed by atoms with Gasteiger partial charge in [-0.2, -0.15) is 10.2 Å². The average molecular weight is 613 g/mol. The third kappa shape index (κ3) is 7.57. The highest BCUT2D eigenvalue weighted by Crippen LogP contribution is 2.31. The summed E-state index contributed by atoms with van der Waals surface area (Å²) in [4.78, 5) is 16.4. The Morgan fingerprint density at radius 2 is 1.78 bits per heavy atom. The zero-order valence-electron chi connectivity index (χ0n) is 26.5. The van der Waals surface area contributed by atoms with E-state index >= 15 is 0 Å². The summed E-state index contributed by atoms with van der Waals surface area (Å²) in [7, 11) is 0. The molecule has 1 N–H and O–H groups in total. The van der Waals surface area contributed by atoms with Crippen molar-refractivity contribution in [1.29, 1.82) is 0 Å². The lowest BCUT2D eigenvalue weighted by molar-refractivity contribution is 0.202. The lowest BCUT2D eigenvalue weighted by Gasteiger charge is -2.31. The topological polar surface area (TPSA) is 85.7 Å². The quantitative estimate of drug-likeness (QED) is 0.216. The number of H-pyrrole nitrogens is 1. The van der Waals surface area contributed by atoms with Gasteiger partial charge in [0.2, 0.25) is 0 Å². The number of benzene rings is 2. The SMILES string of the molecule is CC.CC(C)=NN1C=C(c2cc(F)ccc2F)C(c2ccc(CN3CCC(c4nc(-c5ccccn5)n[nH]4)CC3)cc2)=NC1C.[HH]. The molecule has 6 rings (SSSR count). The molecule has 10 heteroatoms. The van der Waals surface area contributed by atoms with Gasteiger partial charge in [-0.25, -0.2) is 18.8 Å². The number of hydrogen-bond donors (Lipinski definition) is 1. The van der Waals surface area contributed by atoms with E-state index in [4.69, 9.17) is 9.98 Å². The monoisotopic (exact) mass is 612 g/mol. The summed E-state index contributed by atoms with van der Waals surface area (Å²) in [6, 6.07) is 17.4. The summed E-state index contributed by atoms with van der Waals surface area (Å²) < 4.78 is 29.1. The normalized spacial score (nSPS) is 17.2. The standard InChI is InChI=1S/C33H34F2N8.C2H6.H2/c1-21(2)41-43-20-28(27-18-26(34)11-12-29(27)35)31(37-22(43)3)24-9-7-23(8-10-24)19-42-16-13-25(14-17-42)32-38-33(40-39-32)30-6-4-5-15-36-30;1-2;/h4-12,15,18,20,22,25H,13-14,16-17,19H2,1-3H3,(H,38,39,40);1-2H3;1H. The van der Waals surface area contributed by atoms with Crippen LogP contribution in [0.15, 0.2) is 83.2 Å². The van der Waals surface area contributed by atoms with Crippen LogP contribution in [0.25, 0.3) is 17.1 Å². The first kappa shape index (κ1) is 31.8. The van der Waals surface area contributed by atoms with Crippen LogP contribution in [0.4, 0.5) is 8.78 Å². The second-order valence-corrected chi connectivity index (χ2v) is 11.2. The van der Waals surface area contributed by atoms with Crippen LogP contribution in [0, 0.1) is 11.6 Å². The van der Waals surface area contributed by atoms with E-state index in [0.717, 1.165) is 67.4 Å². The van der Waals surface area contributed by atoms with E-state index in [-0.39, 0.29) is 13.2 Å². The number of hydrazone groups is 1. The molecule has 2 aromatic carbocycles. The molecule has 0 radical (unpaired) electrons. The van der Waals surface area contributed by atoms with Crippen LogP contribution >= 0.6 is 0 Å². The van der Waals surface area contributed by atoms with Gasteiger partial charge in [0.1, 0.15) is 29.3 Å². The summed E-state index contributed by atoms with van der Waals surface area (Å²) in [6.45, 7) is 12.4. The second-order valence-electron chi connectivity index (χ2n) is 11.2. The van der Waals surface area contributed by atoms with Gasteiger partial charge in [-0.15, -0.1) is 0 Å². The van der Waals surface area contributed by atoms with E-state index in [1.165, 1.54) is 11.6 Å². The maximum absolute atomic E-state index is 14.9. The van der Waals surface area contributed by atoms with Crippen LogP contribution in [0.1, 0.15) is 77.3 Å². The van der Waals surface area contributed by atoms with Crippen LogP contribution in [0.2, 0.25) is 0 Å². The zero-order valence-corrected chi connectivity index (χ0v) is 26.5. The van der Waals surface area contributed by atoms with Crippen molar-refractivity contribution in [3.63, 3.8) is 0 Å². The first-order chi connectivity index (χ1) is 21.8. The first-order valence-electron chi connectivity index (χ1n) is 15.5. The third-order valence-corrected chi connectivity index (χ3v) is 7.75. The molecule has 0 spiro atoms. The Morgan fingerprint density at radius 3 is 2.47 bits per heavy atom. The van der Waals surface area contributed by atoms with E-state index in [1.807, 2.05) is 65.0 Å². The number of piperidine rings is 1. The lowest BCUT2D eigenvalue weighted by Crippen LogP contribution is -2.32. The molecular formula is C35H42F2N8. The number of likely N-dealkylation sites (tertiary alicyclic amines) is 1. The number of rotatable bonds is 7. The van der Waals surface area contributed by atoms with Crippen LogP contribution in [-0.4, -0.2) is 60.8 Å². The Hall–Kier alpha value is -4.57. The molecule has 1 fully saturated rings. The molecule has 2 aliphatic heterocycles. The van der Waals surface area contributed by atoms with Crippen molar-refractivity contribution in [1.82, 2.24) is 30.1 Å². The van der Waals surface area contributed by atoms with Crippen LogP contribution in [0.3, 0.4) is 0 Å². The van der Waals surface area contributed by atoms with Gasteiger partial charge in [0.15, 0.2) is 5.82 Å². The average Bonchev–Trinajstić information content (AvgIpc) is 3.56. The van der Waals surface area contributed by atoms with Crippen molar-refractivity contribution < 1.29 is 10.2 Å². The number of hydrogen-bond acceptors (Lipinski definition) is 7. The minimum absolute atomic E-state index is 0. The Kier molecular flexibility index (Phi) is 10.2. The minimum Gasteiger partial charge on any atom is -0.299 e. The highest BCUT2D eigenvalue weighted by atomic mass is 19.1. The van der Waals surface area contributed by atoms with Gasteiger partial charge >= 0.3 is 0 Å². The summed E-state index contributed by atoms with van der Waals surface area (Å²) >= 11 is 0. The molecule has 2 aromatic heterocycles. The fourth-order valence-electron chi connectivity index (χ4n) is 5.55. The first-order valence-corrected chi connectivity index (χ1v) is 15.5. The molecule has 0 bridgehead atoms. The summed E-state index contributed by atoms with van der Waals surface area (Å²) in [5.41, 5.74) is 4.89. The number of allylic oxidation sites excluding steroid dienone is 1. The van der Waals surface area contributed by atoms with Crippen molar-refractivity contribution >= 4 is 17.0 Å². The number of halogens is 2. The maximum Gasteiger partial charge on any atom is 0.199 e. The number of aromatic nitrogens is 4. The summed E-state index contributed by atoms with van der Waals surface area (Å²) in [5, 5.41) is 13.7. The zero-order chi connectivity index (χ0) is 31.9. The van der Waals surface area contributed by atoms with Gasteiger partial charge in [-0.3, -0.25) is 20.0 Å². The predicted molar refractivity (Wildman–Crippen MR) is 178 cm³/mol. The number of aromatic amines is 1. The molecule has 0 amide bonds. The van der Waals surface area contributed by atoms with Gasteiger partial charge in [0.05, 0.1) is 5.71 Å². The Labute approximate surface area is 265 Å². The van der Waals surface area contributed by atoms with Crippen molar-refractivity contribution in [2.24, 2.45) is 10.1 Å². The van der Waals surface area contributed by atoms with Crippen molar-refractivity contribution in [2.45, 2.75) is 66.1 Å². The maximum atomic E-state index is 14.9. The van der Waals surface area contributed by atoms with Gasteiger partial charge in [0.25, 0.3) is 0 Å². The molecule has 1 atom stereocenters. The molecule has 0 saturated carbocycles. The smallest absolute Gasteiger partial charge is 0.199 e. The van der Waals surface area contributed by atoms with E-state index in [1.54, 1.807) is 17.4 Å². The van der Waals surface area contributed by atoms with Gasteiger partial charge in [-0.05, 0) is 82.6 Å². The van der Waals surface area contributed by atoms with E-state index in [9.17, 15) is 8.78 Å². The Bertz CT molecular complexity index is 1670. The molecule has 0 aliphatic carbocycles. The third-order valence-electron chi connectivity index (χ3n) is 7.75. The fraction of sp³-hybridized carbons (Fsp3) is 0.343. The van der Waals surface area contributed by atoms with Crippen LogP contribution < -0.4 is 0 Å². The molecule has 45 heavy (non-hydrogen) atoms. The molecule has 4 aromatic rings. The summed E-state index contributed by atoms with van der Waals surface area (Å²) in [5.74, 6) is 0.875. The van der Waals surface area contributed by atoms with E-state index in [2.05, 4.69) is 37.3 Å². The fourth-order valence-corrected chi connectivity index (χ4v) is 5.55. The molecule has 2 aliphatic rings. The highest BCUT2D eigenvalue weighted by molar-refractivity contribution is 6.32. The molecular weight excluding hydrogens is 570 g/mol. The second kappa shape index (κ2) is 14.5. The largest absolute Gasteiger partial charge is 0.299 e. The number of nitrogens with zero attached hydrogens (tertiary/aromatic N) is 7. The lowest BCUT2D eigenvalue weighted by atomic mass is 9.93. The summed E-state index contributed by atoms with van der Waals surface area (Å²) in [6.07, 6.45) is 5.19. The molecule has 4 heterocycles. The van der Waals surface area contributed by atoms with Gasteiger partial charge < -0.3 is 0 Å². The number of aliphatic imine (C=N–C) groups is 1. The van der Waals surface area contributed by atoms with Gasteiger partial charge in [0, 0.05) is 48.7 Å². The highest BCUT2D eigenvalue weighted by Gasteiger charge is 2.26. The van der Waals surface area contributed by atoms with E-state index < -0.39 is 11.6 Å². The van der Waals surface area contributed by atoms with Crippen molar-refractivity contribution in [2.75, 3.05) is 13.1 Å². The molecule has 236 valence electrons. The molecule has 8 nitrogen and oxygen atoms in total. The number of pyridine rings is 1. The van der Waals surface area contributed by atoms with Crippen molar-refractivity contribution in [3.8, 4) is 11.5 Å². The van der Waals surface area contributed by atoms with Gasteiger partial charge in [-0.1, -0.05) is 44.2 Å². The van der Waals surface area contributed by atoms with Crippen LogP contribution in [-0.2, 0) is 6.54 Å². The van der Waals surface area contributed by atoms with Crippen molar-refractivity contribution in [3.05, 3.63) is 107 Å². The molecule has 1 unspecified atom stereocenters. The Morgan fingerprint density at radius 1 is 1.02 bits per heavy atom. The predicted octanol–water partition coefficient (Wildman–Crippen LogP) is 7.68. The molecule has 1 saturated heterocycles. The van der Waals surface area contributed by atoms with Crippen LogP contribution in [0.5, 0.6) is 0 Å². The number of nitrogens with one attached hydrogen (secondary N) is 1. The Balaban J connectivity index is 0.00000157. The van der Waals surface area contributed by atoms with E-state index in [0.29, 0.717) is 23.0 Å².